The molecule has 0 saturated heterocycles. The molecular formula is C14H20O6. The molecule has 112 valence electrons. The van der Waals surface area contributed by atoms with E-state index >= 15 is 0 Å². The molecule has 1 saturated carbocycles. The van der Waals surface area contributed by atoms with Crippen molar-refractivity contribution in [1.29, 1.82) is 0 Å². The molecule has 0 aromatic heterocycles. The minimum Gasteiger partial charge on any atom is -0.508 e. The summed E-state index contributed by atoms with van der Waals surface area (Å²) < 4.78 is 5.60. The van der Waals surface area contributed by atoms with Crippen molar-refractivity contribution in [3.05, 3.63) is 24.3 Å². The van der Waals surface area contributed by atoms with Gasteiger partial charge < -0.3 is 30.3 Å². The van der Waals surface area contributed by atoms with Crippen molar-refractivity contribution in [2.24, 2.45) is 11.8 Å². The van der Waals surface area contributed by atoms with Crippen molar-refractivity contribution in [3.63, 3.8) is 0 Å². The highest BCUT2D eigenvalue weighted by atomic mass is 16.5. The topological polar surface area (TPSA) is 110 Å². The zero-order valence-electron chi connectivity index (χ0n) is 11.1. The van der Waals surface area contributed by atoms with Crippen LogP contribution in [0.2, 0.25) is 0 Å². The van der Waals surface area contributed by atoms with Crippen LogP contribution in [-0.4, -0.2) is 56.6 Å². The quantitative estimate of drug-likeness (QED) is 0.509. The number of rotatable bonds is 4. The first-order chi connectivity index (χ1) is 9.45. The van der Waals surface area contributed by atoms with Crippen LogP contribution in [0.3, 0.4) is 0 Å². The predicted octanol–water partition coefficient (Wildman–Crippen LogP) is -0.520. The lowest BCUT2D eigenvalue weighted by molar-refractivity contribution is -0.0305. The Morgan fingerprint density at radius 1 is 1.15 bits per heavy atom. The maximum absolute atomic E-state index is 10.2. The van der Waals surface area contributed by atoms with Gasteiger partial charge in [0.1, 0.15) is 17.6 Å². The van der Waals surface area contributed by atoms with Crippen molar-refractivity contribution in [2.75, 3.05) is 6.61 Å². The fourth-order valence-electron chi connectivity index (χ4n) is 2.78. The fourth-order valence-corrected chi connectivity index (χ4v) is 2.78. The minimum absolute atomic E-state index is 0.0879. The average molecular weight is 284 g/mol. The molecule has 20 heavy (non-hydrogen) atoms. The number of phenols is 1. The molecule has 6 nitrogen and oxygen atoms in total. The second kappa shape index (κ2) is 5.97. The molecule has 0 amide bonds. The predicted molar refractivity (Wildman–Crippen MR) is 70.3 cm³/mol. The summed E-state index contributed by atoms with van der Waals surface area (Å²) in [6, 6.07) is 5.93. The maximum Gasteiger partial charge on any atom is 0.132 e. The van der Waals surface area contributed by atoms with Crippen LogP contribution in [-0.2, 0) is 0 Å². The van der Waals surface area contributed by atoms with Gasteiger partial charge in [-0.1, -0.05) is 0 Å². The Morgan fingerprint density at radius 3 is 2.25 bits per heavy atom. The lowest BCUT2D eigenvalue weighted by atomic mass is 9.96. The van der Waals surface area contributed by atoms with Gasteiger partial charge in [0.2, 0.25) is 0 Å². The smallest absolute Gasteiger partial charge is 0.132 e. The highest BCUT2D eigenvalue weighted by molar-refractivity contribution is 5.30. The van der Waals surface area contributed by atoms with Gasteiger partial charge in [-0.15, -0.1) is 0 Å². The third kappa shape index (κ3) is 2.73. The average Bonchev–Trinajstić information content (AvgIpc) is 2.63. The number of aromatic hydroxyl groups is 1. The molecule has 6 heteroatoms. The van der Waals surface area contributed by atoms with E-state index in [9.17, 15) is 25.5 Å². The van der Waals surface area contributed by atoms with Crippen molar-refractivity contribution >= 4 is 0 Å². The minimum atomic E-state index is -1.09. The van der Waals surface area contributed by atoms with E-state index in [1.807, 2.05) is 0 Å². The highest BCUT2D eigenvalue weighted by Crippen LogP contribution is 2.37. The summed E-state index contributed by atoms with van der Waals surface area (Å²) in [6.07, 6.45) is -3.87. The molecule has 4 unspecified atom stereocenters. The third-order valence-corrected chi connectivity index (χ3v) is 3.86. The number of aliphatic hydroxyl groups is 4. The molecule has 6 atom stereocenters. The standard InChI is InChI=1S/C14H20O6/c1-7(16)11-12(18)10(6-15)14(13(11)19)20-9-4-2-8(17)3-5-9/h2-5,7,10-19H,6H2,1H3/t7-,10?,11?,12?,13?,14-/m1/s1. The Bertz CT molecular complexity index is 432. The van der Waals surface area contributed by atoms with Gasteiger partial charge in [-0.2, -0.15) is 0 Å². The van der Waals surface area contributed by atoms with Crippen molar-refractivity contribution < 1.29 is 30.3 Å². The van der Waals surface area contributed by atoms with Crippen LogP contribution < -0.4 is 4.74 Å². The first kappa shape index (κ1) is 15.1. The van der Waals surface area contributed by atoms with E-state index in [1.165, 1.54) is 31.2 Å². The maximum atomic E-state index is 10.2. The first-order valence-corrected chi connectivity index (χ1v) is 6.56. The Labute approximate surface area is 116 Å². The summed E-state index contributed by atoms with van der Waals surface area (Å²) in [4.78, 5) is 0. The number of phenolic OH excluding ortho intramolecular Hbond substituents is 1. The van der Waals surface area contributed by atoms with Crippen molar-refractivity contribution in [3.8, 4) is 11.5 Å². The van der Waals surface area contributed by atoms with Gasteiger partial charge in [0, 0.05) is 11.8 Å². The molecule has 1 fully saturated rings. The lowest BCUT2D eigenvalue weighted by Gasteiger charge is -2.23. The summed E-state index contributed by atoms with van der Waals surface area (Å²) in [5.74, 6) is -0.957. The molecule has 0 heterocycles. The second-order valence-electron chi connectivity index (χ2n) is 5.22. The van der Waals surface area contributed by atoms with Gasteiger partial charge in [-0.3, -0.25) is 0 Å². The molecule has 1 aliphatic rings. The Morgan fingerprint density at radius 2 is 1.75 bits per heavy atom. The van der Waals surface area contributed by atoms with E-state index in [0.717, 1.165) is 0 Å². The van der Waals surface area contributed by atoms with Crippen LogP contribution in [0, 0.1) is 11.8 Å². The Balaban J connectivity index is 2.18. The first-order valence-electron chi connectivity index (χ1n) is 6.56. The molecule has 0 spiro atoms. The molecule has 5 N–H and O–H groups in total. The summed E-state index contributed by atoms with van der Waals surface area (Å²) in [6.45, 7) is 1.12. The molecule has 0 radical (unpaired) electrons. The molecule has 1 aromatic rings. The number of aliphatic hydroxyl groups excluding tert-OH is 4. The largest absolute Gasteiger partial charge is 0.508 e. The van der Waals surface area contributed by atoms with Crippen LogP contribution in [0.25, 0.3) is 0 Å². The lowest BCUT2D eigenvalue weighted by Crippen LogP contribution is -2.37. The van der Waals surface area contributed by atoms with Gasteiger partial charge >= 0.3 is 0 Å². The van der Waals surface area contributed by atoms with Crippen LogP contribution in [0.5, 0.6) is 11.5 Å². The normalized spacial score (nSPS) is 35.0. The van der Waals surface area contributed by atoms with Crippen LogP contribution >= 0.6 is 0 Å². The van der Waals surface area contributed by atoms with Gasteiger partial charge in [0.15, 0.2) is 0 Å². The molecule has 2 rings (SSSR count). The van der Waals surface area contributed by atoms with Gasteiger partial charge in [-0.05, 0) is 31.2 Å². The SMILES string of the molecule is C[C@@H](O)C1C(O)C(CO)[C@@H](Oc2ccc(O)cc2)C1O. The zero-order valence-corrected chi connectivity index (χ0v) is 11.1. The summed E-state index contributed by atoms with van der Waals surface area (Å²) in [7, 11) is 0. The van der Waals surface area contributed by atoms with Crippen molar-refractivity contribution in [2.45, 2.75) is 31.3 Å². The molecule has 1 aromatic carbocycles. The molecule has 0 aliphatic heterocycles. The van der Waals surface area contributed by atoms with Gasteiger partial charge in [0.05, 0.1) is 24.9 Å². The van der Waals surface area contributed by atoms with E-state index < -0.39 is 36.3 Å². The zero-order chi connectivity index (χ0) is 14.9. The monoisotopic (exact) mass is 284 g/mol. The summed E-state index contributed by atoms with van der Waals surface area (Å²) in [5, 5.41) is 48.5. The van der Waals surface area contributed by atoms with Crippen LogP contribution in [0.1, 0.15) is 6.92 Å². The van der Waals surface area contributed by atoms with E-state index in [0.29, 0.717) is 5.75 Å². The summed E-state index contributed by atoms with van der Waals surface area (Å²) >= 11 is 0. The fraction of sp³-hybridized carbons (Fsp3) is 0.571. The van der Waals surface area contributed by atoms with E-state index in [4.69, 9.17) is 4.74 Å². The van der Waals surface area contributed by atoms with Gasteiger partial charge in [0.25, 0.3) is 0 Å². The Hall–Kier alpha value is -1.34. The highest BCUT2D eigenvalue weighted by Gasteiger charge is 2.52. The number of hydrogen-bond acceptors (Lipinski definition) is 6. The van der Waals surface area contributed by atoms with E-state index in [-0.39, 0.29) is 12.4 Å². The second-order valence-corrected chi connectivity index (χ2v) is 5.22. The van der Waals surface area contributed by atoms with Crippen LogP contribution in [0.15, 0.2) is 24.3 Å². The number of ether oxygens (including phenoxy) is 1. The van der Waals surface area contributed by atoms with Crippen LogP contribution in [0.4, 0.5) is 0 Å². The Kier molecular flexibility index (Phi) is 4.49. The molecular weight excluding hydrogens is 264 g/mol. The van der Waals surface area contributed by atoms with Gasteiger partial charge in [-0.25, -0.2) is 0 Å². The molecule has 1 aliphatic carbocycles. The molecule has 0 bridgehead atoms. The summed E-state index contributed by atoms with van der Waals surface area (Å²) in [5.41, 5.74) is 0. The number of hydrogen-bond donors (Lipinski definition) is 5. The van der Waals surface area contributed by atoms with E-state index in [2.05, 4.69) is 0 Å². The number of benzene rings is 1. The third-order valence-electron chi connectivity index (χ3n) is 3.86. The van der Waals surface area contributed by atoms with Crippen molar-refractivity contribution in [1.82, 2.24) is 0 Å². The van der Waals surface area contributed by atoms with E-state index in [1.54, 1.807) is 0 Å².